The number of benzene rings is 1. The number of hydrogen-bond donors (Lipinski definition) is 1. The zero-order chi connectivity index (χ0) is 21.6. The Morgan fingerprint density at radius 2 is 1.97 bits per heavy atom. The molecule has 2 aromatic heterocycles. The Morgan fingerprint density at radius 1 is 1.19 bits per heavy atom. The normalized spacial score (nSPS) is 22.0. The van der Waals surface area contributed by atoms with Gasteiger partial charge in [-0.05, 0) is 55.3 Å². The van der Waals surface area contributed by atoms with Crippen LogP contribution >= 0.6 is 11.3 Å². The first-order valence-corrected chi connectivity index (χ1v) is 12.1. The van der Waals surface area contributed by atoms with E-state index >= 15 is 0 Å². The zero-order valence-electron chi connectivity index (χ0n) is 18.2. The number of carbonyl (C=O) groups excluding carboxylic acids is 2. The first kappa shape index (κ1) is 20.3. The lowest BCUT2D eigenvalue weighted by molar-refractivity contribution is -0.134. The van der Waals surface area contributed by atoms with Gasteiger partial charge in [0.1, 0.15) is 16.1 Å². The molecule has 5 rings (SSSR count). The van der Waals surface area contributed by atoms with Crippen LogP contribution in [0.25, 0.3) is 10.2 Å². The monoisotopic (exact) mass is 435 g/mol. The molecule has 2 amide bonds. The summed E-state index contributed by atoms with van der Waals surface area (Å²) in [5, 5.41) is 6.42. The van der Waals surface area contributed by atoms with Crippen LogP contribution in [0.15, 0.2) is 41.8 Å². The van der Waals surface area contributed by atoms with E-state index in [1.807, 2.05) is 42.6 Å². The second-order valence-corrected chi connectivity index (χ2v) is 10.1. The molecule has 0 radical (unpaired) electrons. The molecule has 162 valence electrons. The maximum Gasteiger partial charge on any atom is 0.271 e. The van der Waals surface area contributed by atoms with Crippen molar-refractivity contribution in [3.05, 3.63) is 58.6 Å². The highest BCUT2D eigenvalue weighted by Gasteiger charge is 2.48. The molecule has 1 aromatic carbocycles. The number of aromatic nitrogens is 1. The highest BCUT2D eigenvalue weighted by atomic mass is 32.1. The minimum absolute atomic E-state index is 0.0367. The van der Waals surface area contributed by atoms with Gasteiger partial charge in [-0.25, -0.2) is 0 Å². The van der Waals surface area contributed by atoms with Crippen molar-refractivity contribution in [2.24, 2.45) is 0 Å². The van der Waals surface area contributed by atoms with Gasteiger partial charge in [0.2, 0.25) is 5.91 Å². The standard InChI is InChI=1S/C25H29N3O2S/c1-17-8-6-7-9-19(17)15-28-22(29)21-14-18-12-13-31-23(18)27(21)16-25(28,2)24(30)26-20-10-4-3-5-11-20/h6-9,12-14,20H,3-5,10-11,15-16H2,1-2H3,(H,26,30)/t25-/m0/s1. The Balaban J connectivity index is 1.54. The second-order valence-electron chi connectivity index (χ2n) is 9.20. The van der Waals surface area contributed by atoms with Gasteiger partial charge in [-0.1, -0.05) is 43.5 Å². The summed E-state index contributed by atoms with van der Waals surface area (Å²) in [5.74, 6) is -0.107. The number of rotatable bonds is 4. The van der Waals surface area contributed by atoms with Crippen LogP contribution in [0.5, 0.6) is 0 Å². The average molecular weight is 436 g/mol. The third-order valence-electron chi connectivity index (χ3n) is 7.05. The van der Waals surface area contributed by atoms with Crippen molar-refractivity contribution >= 4 is 33.4 Å². The fourth-order valence-corrected chi connectivity index (χ4v) is 5.95. The van der Waals surface area contributed by atoms with Crippen LogP contribution in [0.4, 0.5) is 0 Å². The van der Waals surface area contributed by atoms with Crippen LogP contribution in [0, 0.1) is 6.92 Å². The number of nitrogens with one attached hydrogen (secondary N) is 1. The molecule has 0 bridgehead atoms. The summed E-state index contributed by atoms with van der Waals surface area (Å²) in [4.78, 5) is 30.3. The first-order chi connectivity index (χ1) is 15.0. The number of thiophene rings is 1. The van der Waals surface area contributed by atoms with Gasteiger partial charge in [0, 0.05) is 18.0 Å². The molecule has 1 atom stereocenters. The van der Waals surface area contributed by atoms with E-state index in [-0.39, 0.29) is 17.9 Å². The number of hydrogen-bond acceptors (Lipinski definition) is 3. The maximum atomic E-state index is 13.7. The van der Waals surface area contributed by atoms with Gasteiger partial charge >= 0.3 is 0 Å². The second kappa shape index (κ2) is 7.83. The van der Waals surface area contributed by atoms with Crippen LogP contribution in [-0.2, 0) is 17.9 Å². The molecular weight excluding hydrogens is 406 g/mol. The summed E-state index contributed by atoms with van der Waals surface area (Å²) < 4.78 is 2.05. The van der Waals surface area contributed by atoms with Crippen molar-refractivity contribution in [1.82, 2.24) is 14.8 Å². The fraction of sp³-hybridized carbons (Fsp3) is 0.440. The molecule has 1 aliphatic carbocycles. The van der Waals surface area contributed by atoms with E-state index in [2.05, 4.69) is 22.9 Å². The van der Waals surface area contributed by atoms with Gasteiger partial charge < -0.3 is 14.8 Å². The molecule has 0 unspecified atom stereocenters. The van der Waals surface area contributed by atoms with Crippen LogP contribution in [-0.4, -0.2) is 32.9 Å². The van der Waals surface area contributed by atoms with Crippen molar-refractivity contribution < 1.29 is 9.59 Å². The molecule has 5 nitrogen and oxygen atoms in total. The molecular formula is C25H29N3O2S. The van der Waals surface area contributed by atoms with E-state index in [9.17, 15) is 9.59 Å². The zero-order valence-corrected chi connectivity index (χ0v) is 19.0. The smallest absolute Gasteiger partial charge is 0.271 e. The molecule has 3 aromatic rings. The summed E-state index contributed by atoms with van der Waals surface area (Å²) in [6, 6.07) is 12.3. The lowest BCUT2D eigenvalue weighted by Crippen LogP contribution is -2.64. The van der Waals surface area contributed by atoms with Crippen LogP contribution < -0.4 is 5.32 Å². The van der Waals surface area contributed by atoms with E-state index in [1.165, 1.54) is 6.42 Å². The lowest BCUT2D eigenvalue weighted by atomic mass is 9.91. The molecule has 1 saturated carbocycles. The van der Waals surface area contributed by atoms with Crippen LogP contribution in [0.3, 0.4) is 0 Å². The van der Waals surface area contributed by atoms with Gasteiger partial charge in [-0.3, -0.25) is 9.59 Å². The molecule has 2 aliphatic rings. The topological polar surface area (TPSA) is 54.3 Å². The van der Waals surface area contributed by atoms with Gasteiger partial charge in [0.05, 0.1) is 6.54 Å². The van der Waals surface area contributed by atoms with Crippen LogP contribution in [0.1, 0.15) is 60.6 Å². The Bertz CT molecular complexity index is 1140. The maximum absolute atomic E-state index is 13.7. The summed E-state index contributed by atoms with van der Waals surface area (Å²) in [5.41, 5.74) is 1.94. The minimum Gasteiger partial charge on any atom is -0.351 e. The quantitative estimate of drug-likeness (QED) is 0.635. The predicted octanol–water partition coefficient (Wildman–Crippen LogP) is 4.87. The third-order valence-corrected chi connectivity index (χ3v) is 8.00. The van der Waals surface area contributed by atoms with Gasteiger partial charge in [-0.15, -0.1) is 11.3 Å². The van der Waals surface area contributed by atoms with Crippen molar-refractivity contribution in [1.29, 1.82) is 0 Å². The van der Waals surface area contributed by atoms with E-state index < -0.39 is 5.54 Å². The fourth-order valence-electron chi connectivity index (χ4n) is 5.05. The number of aryl methyl sites for hydroxylation is 1. The molecule has 1 aliphatic heterocycles. The summed E-state index contributed by atoms with van der Waals surface area (Å²) >= 11 is 1.63. The van der Waals surface area contributed by atoms with Crippen molar-refractivity contribution in [2.45, 2.75) is 70.6 Å². The molecule has 0 spiro atoms. The summed E-state index contributed by atoms with van der Waals surface area (Å²) in [6.07, 6.45) is 5.61. The van der Waals surface area contributed by atoms with Crippen molar-refractivity contribution in [3.8, 4) is 0 Å². The van der Waals surface area contributed by atoms with Crippen molar-refractivity contribution in [2.75, 3.05) is 0 Å². The van der Waals surface area contributed by atoms with Gasteiger partial charge in [0.25, 0.3) is 5.91 Å². The number of carbonyl (C=O) groups is 2. The average Bonchev–Trinajstić information content (AvgIpc) is 3.35. The van der Waals surface area contributed by atoms with Gasteiger partial charge in [-0.2, -0.15) is 0 Å². The van der Waals surface area contributed by atoms with Gasteiger partial charge in [0.15, 0.2) is 0 Å². The van der Waals surface area contributed by atoms with E-state index in [0.29, 0.717) is 18.8 Å². The first-order valence-electron chi connectivity index (χ1n) is 11.2. The molecule has 1 fully saturated rings. The Morgan fingerprint density at radius 3 is 2.74 bits per heavy atom. The molecule has 1 N–H and O–H groups in total. The molecule has 31 heavy (non-hydrogen) atoms. The van der Waals surface area contributed by atoms with Crippen molar-refractivity contribution in [3.63, 3.8) is 0 Å². The van der Waals surface area contributed by atoms with E-state index in [4.69, 9.17) is 0 Å². The Labute approximate surface area is 187 Å². The predicted molar refractivity (Wildman–Crippen MR) is 124 cm³/mol. The third kappa shape index (κ3) is 3.47. The minimum atomic E-state index is -0.945. The summed E-state index contributed by atoms with van der Waals surface area (Å²) in [7, 11) is 0. The Kier molecular flexibility index (Phi) is 5.13. The highest BCUT2D eigenvalue weighted by molar-refractivity contribution is 7.16. The number of amides is 2. The molecule has 0 saturated heterocycles. The van der Waals surface area contributed by atoms with E-state index in [1.54, 1.807) is 16.2 Å². The SMILES string of the molecule is Cc1ccccc1CN1C(=O)c2cc3ccsc3n2C[C@@]1(C)C(=O)NC1CCCCC1. The van der Waals surface area contributed by atoms with Crippen LogP contribution in [0.2, 0.25) is 0 Å². The summed E-state index contributed by atoms with van der Waals surface area (Å²) in [6.45, 7) is 4.90. The lowest BCUT2D eigenvalue weighted by Gasteiger charge is -2.45. The van der Waals surface area contributed by atoms with E-state index in [0.717, 1.165) is 47.0 Å². The molecule has 3 heterocycles. The number of fused-ring (bicyclic) bond motifs is 3. The largest absolute Gasteiger partial charge is 0.351 e. The molecule has 6 heteroatoms. The highest BCUT2D eigenvalue weighted by Crippen LogP contribution is 2.36. The number of nitrogens with zero attached hydrogens (tertiary/aromatic N) is 2. The Hall–Kier alpha value is -2.60.